The highest BCUT2D eigenvalue weighted by Gasteiger charge is 2.34. The molecule has 172 valence electrons. The molecule has 1 aromatic heterocycles. The van der Waals surface area contributed by atoms with E-state index in [1.807, 2.05) is 49.4 Å². The van der Waals surface area contributed by atoms with Gasteiger partial charge in [0, 0.05) is 24.6 Å². The molecular weight excluding hydrogens is 434 g/mol. The topological polar surface area (TPSA) is 79.4 Å². The van der Waals surface area contributed by atoms with Crippen LogP contribution in [0.2, 0.25) is 0 Å². The van der Waals surface area contributed by atoms with Gasteiger partial charge in [0.05, 0.1) is 16.9 Å². The molecule has 1 aliphatic rings. The molecular formula is C26H29N3O3S. The molecule has 0 bridgehead atoms. The van der Waals surface area contributed by atoms with Gasteiger partial charge >= 0.3 is 0 Å². The van der Waals surface area contributed by atoms with E-state index >= 15 is 0 Å². The molecule has 33 heavy (non-hydrogen) atoms. The average Bonchev–Trinajstić information content (AvgIpc) is 2.86. The van der Waals surface area contributed by atoms with Crippen molar-refractivity contribution in [3.8, 4) is 0 Å². The van der Waals surface area contributed by atoms with Gasteiger partial charge in [-0.3, -0.25) is 9.78 Å². The second-order valence-electron chi connectivity index (χ2n) is 8.30. The third-order valence-electron chi connectivity index (χ3n) is 6.18. The van der Waals surface area contributed by atoms with E-state index in [1.165, 1.54) is 0 Å². The number of aromatic nitrogens is 1. The van der Waals surface area contributed by atoms with Crippen LogP contribution in [0.1, 0.15) is 55.7 Å². The Balaban J connectivity index is 1.51. The zero-order chi connectivity index (χ0) is 23.3. The molecule has 0 radical (unpaired) electrons. The summed E-state index contributed by atoms with van der Waals surface area (Å²) in [6, 6.07) is 19.7. The normalized spacial score (nSPS) is 17.9. The van der Waals surface area contributed by atoms with Crippen molar-refractivity contribution < 1.29 is 13.2 Å². The molecule has 2 aromatic carbocycles. The lowest BCUT2D eigenvalue weighted by molar-refractivity contribution is -0.117. The Morgan fingerprint density at radius 3 is 2.48 bits per heavy atom. The van der Waals surface area contributed by atoms with E-state index in [0.29, 0.717) is 18.7 Å². The van der Waals surface area contributed by atoms with Crippen molar-refractivity contribution >= 4 is 21.6 Å². The Morgan fingerprint density at radius 1 is 1.06 bits per heavy atom. The third kappa shape index (κ3) is 5.15. The van der Waals surface area contributed by atoms with Gasteiger partial charge in [0.2, 0.25) is 15.9 Å². The predicted octanol–water partition coefficient (Wildman–Crippen LogP) is 5.13. The molecule has 4 rings (SSSR count). The van der Waals surface area contributed by atoms with Gasteiger partial charge in [0.25, 0.3) is 0 Å². The summed E-state index contributed by atoms with van der Waals surface area (Å²) in [6.45, 7) is 2.46. The number of pyridine rings is 1. The molecule has 1 N–H and O–H groups in total. The lowest BCUT2D eigenvalue weighted by atomic mass is 9.95. The minimum absolute atomic E-state index is 0.105. The summed E-state index contributed by atoms with van der Waals surface area (Å²) in [7, 11) is -3.68. The quantitative estimate of drug-likeness (QED) is 0.527. The average molecular weight is 464 g/mol. The Kier molecular flexibility index (Phi) is 7.20. The van der Waals surface area contributed by atoms with E-state index < -0.39 is 10.0 Å². The van der Waals surface area contributed by atoms with Crippen molar-refractivity contribution in [1.82, 2.24) is 9.29 Å². The molecule has 0 unspecified atom stereocenters. The number of hydrogen-bond donors (Lipinski definition) is 1. The van der Waals surface area contributed by atoms with E-state index in [2.05, 4.69) is 10.3 Å². The van der Waals surface area contributed by atoms with Gasteiger partial charge in [0.15, 0.2) is 0 Å². The van der Waals surface area contributed by atoms with E-state index in [-0.39, 0.29) is 22.8 Å². The lowest BCUT2D eigenvalue weighted by Gasteiger charge is -2.34. The number of amides is 1. The van der Waals surface area contributed by atoms with Crippen LogP contribution in [0.3, 0.4) is 0 Å². The largest absolute Gasteiger partial charge is 0.326 e. The van der Waals surface area contributed by atoms with Crippen LogP contribution >= 0.6 is 0 Å². The highest BCUT2D eigenvalue weighted by Crippen LogP contribution is 2.35. The van der Waals surface area contributed by atoms with Gasteiger partial charge in [0.1, 0.15) is 0 Å². The second-order valence-corrected chi connectivity index (χ2v) is 10.2. The number of carbonyl (C=O) groups excluding carboxylic acids is 1. The van der Waals surface area contributed by atoms with Crippen molar-refractivity contribution in [2.24, 2.45) is 0 Å². The third-order valence-corrected chi connectivity index (χ3v) is 8.10. The van der Waals surface area contributed by atoms with Crippen LogP contribution in [0.15, 0.2) is 84.0 Å². The van der Waals surface area contributed by atoms with Crippen LogP contribution in [0.25, 0.3) is 0 Å². The van der Waals surface area contributed by atoms with Crippen molar-refractivity contribution in [2.45, 2.75) is 49.5 Å². The maximum Gasteiger partial charge on any atom is 0.243 e. The van der Waals surface area contributed by atoms with Crippen LogP contribution in [-0.4, -0.2) is 30.2 Å². The number of nitrogens with one attached hydrogen (secondary N) is 1. The molecule has 3 aromatic rings. The van der Waals surface area contributed by atoms with Crippen molar-refractivity contribution in [2.75, 3.05) is 11.9 Å². The molecule has 6 nitrogen and oxygen atoms in total. The molecule has 1 saturated heterocycles. The van der Waals surface area contributed by atoms with Crippen molar-refractivity contribution in [3.05, 3.63) is 90.3 Å². The van der Waals surface area contributed by atoms with Crippen molar-refractivity contribution in [3.63, 3.8) is 0 Å². The van der Waals surface area contributed by atoms with Gasteiger partial charge in [-0.15, -0.1) is 0 Å². The number of benzene rings is 2. The monoisotopic (exact) mass is 463 g/mol. The minimum atomic E-state index is -3.68. The summed E-state index contributed by atoms with van der Waals surface area (Å²) in [5.41, 5.74) is 2.45. The number of piperidine rings is 1. The lowest BCUT2D eigenvalue weighted by Crippen LogP contribution is -2.38. The fraction of sp³-hybridized carbons (Fsp3) is 0.308. The summed E-state index contributed by atoms with van der Waals surface area (Å²) in [5.74, 6) is -0.366. The number of nitrogens with zero attached hydrogens (tertiary/aromatic N) is 2. The molecule has 1 aliphatic heterocycles. The Morgan fingerprint density at radius 2 is 1.82 bits per heavy atom. The van der Waals surface area contributed by atoms with E-state index in [1.54, 1.807) is 41.0 Å². The van der Waals surface area contributed by atoms with Crippen LogP contribution in [0, 0.1) is 0 Å². The summed E-state index contributed by atoms with van der Waals surface area (Å²) in [5, 5.41) is 2.93. The molecule has 0 spiro atoms. The number of anilines is 1. The number of hydrogen-bond acceptors (Lipinski definition) is 4. The van der Waals surface area contributed by atoms with Gasteiger partial charge in [-0.25, -0.2) is 8.42 Å². The van der Waals surface area contributed by atoms with Gasteiger partial charge in [-0.1, -0.05) is 49.7 Å². The molecule has 0 aliphatic carbocycles. The van der Waals surface area contributed by atoms with Crippen LogP contribution in [0.4, 0.5) is 5.69 Å². The second kappa shape index (κ2) is 10.3. The first kappa shape index (κ1) is 23.1. The predicted molar refractivity (Wildman–Crippen MR) is 129 cm³/mol. The highest BCUT2D eigenvalue weighted by atomic mass is 32.2. The number of rotatable bonds is 7. The fourth-order valence-corrected chi connectivity index (χ4v) is 6.11. The van der Waals surface area contributed by atoms with E-state index in [4.69, 9.17) is 0 Å². The maximum absolute atomic E-state index is 13.5. The van der Waals surface area contributed by atoms with Gasteiger partial charge < -0.3 is 5.32 Å². The Bertz CT molecular complexity index is 1170. The molecule has 1 fully saturated rings. The maximum atomic E-state index is 13.5. The summed E-state index contributed by atoms with van der Waals surface area (Å²) in [4.78, 5) is 17.2. The minimum Gasteiger partial charge on any atom is -0.326 e. The van der Waals surface area contributed by atoms with Crippen LogP contribution in [-0.2, 0) is 14.8 Å². The molecule has 1 amide bonds. The first-order valence-electron chi connectivity index (χ1n) is 11.4. The van der Waals surface area contributed by atoms with Gasteiger partial charge in [-0.2, -0.15) is 4.31 Å². The zero-order valence-corrected chi connectivity index (χ0v) is 19.5. The van der Waals surface area contributed by atoms with Crippen molar-refractivity contribution in [1.29, 1.82) is 0 Å². The summed E-state index contributed by atoms with van der Waals surface area (Å²) < 4.78 is 28.5. The standard InChI is InChI=1S/C26H29N3O3S/c1-2-24(20-9-4-3-5-10-20)26(30)28-22-13-15-23(16-14-22)33(31,32)29-18-7-6-12-25(29)21-11-8-17-27-19-21/h3-5,8-11,13-17,19,24-25H,2,6-7,12,18H2,1H3,(H,28,30)/t24-,25+/m1/s1. The molecule has 2 atom stereocenters. The molecule has 7 heteroatoms. The zero-order valence-electron chi connectivity index (χ0n) is 18.7. The highest BCUT2D eigenvalue weighted by molar-refractivity contribution is 7.89. The van der Waals surface area contributed by atoms with E-state index in [9.17, 15) is 13.2 Å². The van der Waals surface area contributed by atoms with E-state index in [0.717, 1.165) is 30.4 Å². The molecule has 0 saturated carbocycles. The first-order chi connectivity index (χ1) is 16.0. The summed E-state index contributed by atoms with van der Waals surface area (Å²) in [6.07, 6.45) is 6.70. The van der Waals surface area contributed by atoms with Crippen LogP contribution < -0.4 is 5.32 Å². The Hall–Kier alpha value is -3.03. The summed E-state index contributed by atoms with van der Waals surface area (Å²) >= 11 is 0. The number of carbonyl (C=O) groups is 1. The molecule has 2 heterocycles. The smallest absolute Gasteiger partial charge is 0.243 e. The Labute approximate surface area is 195 Å². The fourth-order valence-electron chi connectivity index (χ4n) is 4.43. The van der Waals surface area contributed by atoms with Gasteiger partial charge in [-0.05, 0) is 60.7 Å². The SMILES string of the molecule is CC[C@@H](C(=O)Nc1ccc(S(=O)(=O)N2CCCC[C@H]2c2cccnc2)cc1)c1ccccc1. The first-order valence-corrected chi connectivity index (χ1v) is 12.8. The van der Waals surface area contributed by atoms with Crippen LogP contribution in [0.5, 0.6) is 0 Å². The number of sulfonamides is 1.